The van der Waals surface area contributed by atoms with E-state index in [1.165, 1.54) is 16.7 Å². The van der Waals surface area contributed by atoms with Crippen LogP contribution in [-0.2, 0) is 4.74 Å². The standard InChI is InChI=1S/C14H23NO/c1-11-8-12(2)10-14(9-11)13(3)15-6-5-7-16-4/h8-10,13,15H,5-7H2,1-4H3. The highest BCUT2D eigenvalue weighted by atomic mass is 16.5. The zero-order chi connectivity index (χ0) is 12.0. The van der Waals surface area contributed by atoms with E-state index in [1.54, 1.807) is 7.11 Å². The van der Waals surface area contributed by atoms with Crippen LogP contribution >= 0.6 is 0 Å². The SMILES string of the molecule is COCCCNC(C)c1cc(C)cc(C)c1. The van der Waals surface area contributed by atoms with E-state index in [-0.39, 0.29) is 0 Å². The summed E-state index contributed by atoms with van der Waals surface area (Å²) in [6.45, 7) is 8.33. The summed E-state index contributed by atoms with van der Waals surface area (Å²) < 4.78 is 5.03. The Balaban J connectivity index is 2.48. The van der Waals surface area contributed by atoms with Crippen molar-refractivity contribution < 1.29 is 4.74 Å². The number of nitrogens with one attached hydrogen (secondary N) is 1. The molecule has 1 aromatic carbocycles. The fourth-order valence-corrected chi connectivity index (χ4v) is 1.91. The molecule has 0 bridgehead atoms. The van der Waals surface area contributed by atoms with Gasteiger partial charge in [0, 0.05) is 19.8 Å². The van der Waals surface area contributed by atoms with Gasteiger partial charge in [-0.15, -0.1) is 0 Å². The van der Waals surface area contributed by atoms with Crippen molar-refractivity contribution in [3.05, 3.63) is 34.9 Å². The van der Waals surface area contributed by atoms with Gasteiger partial charge in [0.25, 0.3) is 0 Å². The molecule has 1 rings (SSSR count). The van der Waals surface area contributed by atoms with Crippen LogP contribution in [0.25, 0.3) is 0 Å². The summed E-state index contributed by atoms with van der Waals surface area (Å²) in [6.07, 6.45) is 1.06. The van der Waals surface area contributed by atoms with Crippen molar-refractivity contribution in [2.75, 3.05) is 20.3 Å². The van der Waals surface area contributed by atoms with E-state index in [0.29, 0.717) is 6.04 Å². The van der Waals surface area contributed by atoms with Crippen LogP contribution < -0.4 is 5.32 Å². The number of aryl methyl sites for hydroxylation is 2. The van der Waals surface area contributed by atoms with Crippen LogP contribution in [0.3, 0.4) is 0 Å². The smallest absolute Gasteiger partial charge is 0.0474 e. The molecule has 0 amide bonds. The minimum Gasteiger partial charge on any atom is -0.385 e. The predicted molar refractivity (Wildman–Crippen MR) is 68.8 cm³/mol. The van der Waals surface area contributed by atoms with Crippen LogP contribution in [0.2, 0.25) is 0 Å². The lowest BCUT2D eigenvalue weighted by atomic mass is 10.0. The van der Waals surface area contributed by atoms with Crippen LogP contribution in [-0.4, -0.2) is 20.3 Å². The van der Waals surface area contributed by atoms with E-state index < -0.39 is 0 Å². The van der Waals surface area contributed by atoms with E-state index >= 15 is 0 Å². The largest absolute Gasteiger partial charge is 0.385 e. The lowest BCUT2D eigenvalue weighted by Crippen LogP contribution is -2.21. The first-order chi connectivity index (χ1) is 7.63. The van der Waals surface area contributed by atoms with Gasteiger partial charge < -0.3 is 10.1 Å². The average Bonchev–Trinajstić information content (AvgIpc) is 2.22. The van der Waals surface area contributed by atoms with E-state index in [0.717, 1.165) is 19.6 Å². The number of rotatable bonds is 6. The Labute approximate surface area is 99.0 Å². The molecule has 1 N–H and O–H groups in total. The van der Waals surface area contributed by atoms with Crippen molar-refractivity contribution in [2.24, 2.45) is 0 Å². The Kier molecular flexibility index (Phi) is 5.50. The Hall–Kier alpha value is -0.860. The molecule has 0 aliphatic rings. The van der Waals surface area contributed by atoms with Gasteiger partial charge >= 0.3 is 0 Å². The summed E-state index contributed by atoms with van der Waals surface area (Å²) in [5.74, 6) is 0. The molecule has 0 aliphatic carbocycles. The maximum atomic E-state index is 5.03. The summed E-state index contributed by atoms with van der Waals surface area (Å²) in [5, 5.41) is 3.51. The molecular weight excluding hydrogens is 198 g/mol. The first-order valence-corrected chi connectivity index (χ1v) is 5.94. The Morgan fingerprint density at radius 2 is 1.81 bits per heavy atom. The van der Waals surface area contributed by atoms with E-state index in [4.69, 9.17) is 4.74 Å². The number of hydrogen-bond acceptors (Lipinski definition) is 2. The molecule has 2 heteroatoms. The summed E-state index contributed by atoms with van der Waals surface area (Å²) in [5.41, 5.74) is 4.04. The fourth-order valence-electron chi connectivity index (χ4n) is 1.91. The molecule has 0 saturated carbocycles. The summed E-state index contributed by atoms with van der Waals surface area (Å²) in [6, 6.07) is 7.12. The topological polar surface area (TPSA) is 21.3 Å². The zero-order valence-corrected chi connectivity index (χ0v) is 10.8. The zero-order valence-electron chi connectivity index (χ0n) is 10.8. The van der Waals surface area contributed by atoms with Crippen molar-refractivity contribution in [1.29, 1.82) is 0 Å². The third-order valence-electron chi connectivity index (χ3n) is 2.72. The first kappa shape index (κ1) is 13.2. The molecule has 0 aliphatic heterocycles. The van der Waals surface area contributed by atoms with Crippen molar-refractivity contribution in [2.45, 2.75) is 33.2 Å². The molecule has 1 unspecified atom stereocenters. The van der Waals surface area contributed by atoms with Crippen LogP contribution in [0, 0.1) is 13.8 Å². The van der Waals surface area contributed by atoms with Crippen LogP contribution in [0.15, 0.2) is 18.2 Å². The van der Waals surface area contributed by atoms with Gasteiger partial charge in [-0.25, -0.2) is 0 Å². The van der Waals surface area contributed by atoms with Crippen LogP contribution in [0.5, 0.6) is 0 Å². The Morgan fingerprint density at radius 1 is 1.19 bits per heavy atom. The van der Waals surface area contributed by atoms with E-state index in [1.807, 2.05) is 0 Å². The molecule has 0 spiro atoms. The van der Waals surface area contributed by atoms with Gasteiger partial charge in [0.1, 0.15) is 0 Å². The lowest BCUT2D eigenvalue weighted by Gasteiger charge is -2.15. The number of ether oxygens (including phenoxy) is 1. The van der Waals surface area contributed by atoms with Gasteiger partial charge in [-0.05, 0) is 39.3 Å². The maximum absolute atomic E-state index is 5.03. The minimum atomic E-state index is 0.412. The molecule has 0 radical (unpaired) electrons. The highest BCUT2D eigenvalue weighted by Crippen LogP contribution is 2.16. The van der Waals surface area contributed by atoms with Gasteiger partial charge in [0.2, 0.25) is 0 Å². The normalized spacial score (nSPS) is 12.8. The molecule has 0 heterocycles. The third kappa shape index (κ3) is 4.33. The minimum absolute atomic E-state index is 0.412. The van der Waals surface area contributed by atoms with Crippen molar-refractivity contribution in [1.82, 2.24) is 5.32 Å². The molecule has 0 saturated heterocycles. The second-order valence-electron chi connectivity index (χ2n) is 4.44. The predicted octanol–water partition coefficient (Wildman–Crippen LogP) is 2.99. The van der Waals surface area contributed by atoms with Crippen molar-refractivity contribution >= 4 is 0 Å². The number of hydrogen-bond donors (Lipinski definition) is 1. The molecule has 0 aromatic heterocycles. The Bertz CT molecular complexity index is 302. The molecule has 0 fully saturated rings. The second kappa shape index (κ2) is 6.66. The maximum Gasteiger partial charge on any atom is 0.0474 e. The van der Waals surface area contributed by atoms with Gasteiger partial charge in [-0.2, -0.15) is 0 Å². The molecule has 1 aromatic rings. The van der Waals surface area contributed by atoms with Crippen molar-refractivity contribution in [3.63, 3.8) is 0 Å². The second-order valence-corrected chi connectivity index (χ2v) is 4.44. The lowest BCUT2D eigenvalue weighted by molar-refractivity contribution is 0.193. The first-order valence-electron chi connectivity index (χ1n) is 5.94. The summed E-state index contributed by atoms with van der Waals surface area (Å²) in [4.78, 5) is 0. The monoisotopic (exact) mass is 221 g/mol. The molecule has 2 nitrogen and oxygen atoms in total. The average molecular weight is 221 g/mol. The molecule has 1 atom stereocenters. The quantitative estimate of drug-likeness (QED) is 0.746. The molecular formula is C14H23NO. The van der Waals surface area contributed by atoms with Crippen molar-refractivity contribution in [3.8, 4) is 0 Å². The Morgan fingerprint density at radius 3 is 2.38 bits per heavy atom. The van der Waals surface area contributed by atoms with Crippen LogP contribution in [0.4, 0.5) is 0 Å². The van der Waals surface area contributed by atoms with E-state index in [9.17, 15) is 0 Å². The summed E-state index contributed by atoms with van der Waals surface area (Å²) in [7, 11) is 1.74. The summed E-state index contributed by atoms with van der Waals surface area (Å²) >= 11 is 0. The third-order valence-corrected chi connectivity index (χ3v) is 2.72. The number of benzene rings is 1. The van der Waals surface area contributed by atoms with E-state index in [2.05, 4.69) is 44.3 Å². The molecule has 90 valence electrons. The highest BCUT2D eigenvalue weighted by Gasteiger charge is 2.05. The highest BCUT2D eigenvalue weighted by molar-refractivity contribution is 5.30. The molecule has 16 heavy (non-hydrogen) atoms. The van der Waals surface area contributed by atoms with Gasteiger partial charge in [0.05, 0.1) is 0 Å². The fraction of sp³-hybridized carbons (Fsp3) is 0.571. The van der Waals surface area contributed by atoms with Gasteiger partial charge in [0.15, 0.2) is 0 Å². The number of methoxy groups -OCH3 is 1. The van der Waals surface area contributed by atoms with Gasteiger partial charge in [-0.3, -0.25) is 0 Å². The van der Waals surface area contributed by atoms with Crippen LogP contribution in [0.1, 0.15) is 36.1 Å². The van der Waals surface area contributed by atoms with Gasteiger partial charge in [-0.1, -0.05) is 29.3 Å².